The molecule has 0 saturated carbocycles. The summed E-state index contributed by atoms with van der Waals surface area (Å²) in [6, 6.07) is 1.37. The quantitative estimate of drug-likeness (QED) is 0.831. The van der Waals surface area contributed by atoms with E-state index >= 15 is 0 Å². The molecule has 0 spiro atoms. The van der Waals surface area contributed by atoms with Crippen molar-refractivity contribution < 1.29 is 24.1 Å². The van der Waals surface area contributed by atoms with Gasteiger partial charge in [-0.05, 0) is 26.0 Å². The number of phenolic OH excluding ortho intramolecular Hbond substituents is 1. The number of carbonyl (C=O) groups excluding carboxylic acids is 1. The molecule has 19 heavy (non-hydrogen) atoms. The lowest BCUT2D eigenvalue weighted by Crippen LogP contribution is -2.29. The largest absolute Gasteiger partial charge is 0.507 e. The van der Waals surface area contributed by atoms with E-state index in [-0.39, 0.29) is 17.1 Å². The van der Waals surface area contributed by atoms with Crippen LogP contribution < -0.4 is 9.47 Å². The van der Waals surface area contributed by atoms with Crippen LogP contribution in [0.15, 0.2) is 12.1 Å². The Morgan fingerprint density at radius 2 is 2.05 bits per heavy atom. The average Bonchev–Trinajstić information content (AvgIpc) is 2.35. The van der Waals surface area contributed by atoms with Crippen molar-refractivity contribution >= 4 is 12.0 Å². The lowest BCUT2D eigenvalue weighted by molar-refractivity contribution is 0.0585. The molecule has 0 bridgehead atoms. The van der Waals surface area contributed by atoms with E-state index in [4.69, 9.17) is 9.47 Å². The van der Waals surface area contributed by atoms with Crippen molar-refractivity contribution in [1.82, 2.24) is 0 Å². The van der Waals surface area contributed by atoms with Crippen LogP contribution in [0, 0.1) is 0 Å². The van der Waals surface area contributed by atoms with Gasteiger partial charge in [0.1, 0.15) is 28.4 Å². The number of hydrogen-bond donors (Lipinski definition) is 1. The fourth-order valence-electron chi connectivity index (χ4n) is 1.95. The standard InChI is InChI=1S/C14H16O5/c1-14(2)6-5-8-10(17-3)7-9(15)11(12(8)19-14)13(16)18-4/h5-7,15H,1-4H3. The van der Waals surface area contributed by atoms with Crippen molar-refractivity contribution in [2.45, 2.75) is 19.4 Å². The summed E-state index contributed by atoms with van der Waals surface area (Å²) in [6.45, 7) is 3.70. The molecule has 1 heterocycles. The Morgan fingerprint density at radius 1 is 1.37 bits per heavy atom. The molecule has 0 aliphatic carbocycles. The highest BCUT2D eigenvalue weighted by molar-refractivity contribution is 5.98. The van der Waals surface area contributed by atoms with Crippen LogP contribution in [0.4, 0.5) is 0 Å². The number of hydrogen-bond acceptors (Lipinski definition) is 5. The van der Waals surface area contributed by atoms with Gasteiger partial charge in [0.15, 0.2) is 0 Å². The fraction of sp³-hybridized carbons (Fsp3) is 0.357. The van der Waals surface area contributed by atoms with E-state index < -0.39 is 11.6 Å². The first-order valence-corrected chi connectivity index (χ1v) is 5.80. The van der Waals surface area contributed by atoms with Gasteiger partial charge in [-0.1, -0.05) is 0 Å². The minimum Gasteiger partial charge on any atom is -0.507 e. The maximum atomic E-state index is 11.8. The highest BCUT2D eigenvalue weighted by atomic mass is 16.5. The van der Waals surface area contributed by atoms with Gasteiger partial charge in [-0.2, -0.15) is 0 Å². The number of phenols is 1. The highest BCUT2D eigenvalue weighted by Crippen LogP contribution is 2.44. The molecule has 5 heteroatoms. The molecule has 5 nitrogen and oxygen atoms in total. The summed E-state index contributed by atoms with van der Waals surface area (Å²) in [5.74, 6) is -0.167. The molecule has 1 aromatic rings. The SMILES string of the molecule is COC(=O)c1c(O)cc(OC)c2c1OC(C)(C)C=C2. The number of carbonyl (C=O) groups is 1. The minimum atomic E-state index is -0.650. The normalized spacial score (nSPS) is 15.4. The second-order valence-electron chi connectivity index (χ2n) is 4.75. The molecule has 1 N–H and O–H groups in total. The first kappa shape index (κ1) is 13.3. The zero-order valence-electron chi connectivity index (χ0n) is 11.3. The van der Waals surface area contributed by atoms with Crippen LogP contribution in [0.2, 0.25) is 0 Å². The van der Waals surface area contributed by atoms with Crippen molar-refractivity contribution in [3.05, 3.63) is 23.3 Å². The lowest BCUT2D eigenvalue weighted by atomic mass is 9.98. The van der Waals surface area contributed by atoms with E-state index in [1.165, 1.54) is 20.3 Å². The molecule has 0 atom stereocenters. The Morgan fingerprint density at radius 3 is 2.63 bits per heavy atom. The molecule has 102 valence electrons. The fourth-order valence-corrected chi connectivity index (χ4v) is 1.95. The van der Waals surface area contributed by atoms with Gasteiger partial charge in [-0.25, -0.2) is 4.79 Å². The van der Waals surface area contributed by atoms with Crippen molar-refractivity contribution in [1.29, 1.82) is 0 Å². The summed E-state index contributed by atoms with van der Waals surface area (Å²) < 4.78 is 15.6. The van der Waals surface area contributed by atoms with Crippen LogP contribution in [0.25, 0.3) is 6.08 Å². The van der Waals surface area contributed by atoms with Gasteiger partial charge >= 0.3 is 5.97 Å². The average molecular weight is 264 g/mol. The molecule has 0 saturated heterocycles. The molecule has 1 aliphatic heterocycles. The molecular weight excluding hydrogens is 248 g/mol. The number of aromatic hydroxyl groups is 1. The smallest absolute Gasteiger partial charge is 0.345 e. The van der Waals surface area contributed by atoms with E-state index in [1.54, 1.807) is 0 Å². The van der Waals surface area contributed by atoms with Crippen molar-refractivity contribution in [2.24, 2.45) is 0 Å². The number of rotatable bonds is 2. The van der Waals surface area contributed by atoms with Crippen LogP contribution in [0.3, 0.4) is 0 Å². The predicted octanol–water partition coefficient (Wildman–Crippen LogP) is 2.37. The van der Waals surface area contributed by atoms with E-state index in [0.717, 1.165) is 0 Å². The molecule has 0 amide bonds. The van der Waals surface area contributed by atoms with Crippen LogP contribution in [0.1, 0.15) is 29.8 Å². The zero-order valence-corrected chi connectivity index (χ0v) is 11.3. The van der Waals surface area contributed by atoms with Crippen molar-refractivity contribution in [3.63, 3.8) is 0 Å². The molecule has 0 fully saturated rings. The summed E-state index contributed by atoms with van der Waals surface area (Å²) >= 11 is 0. The summed E-state index contributed by atoms with van der Waals surface area (Å²) in [5.41, 5.74) is 0.0462. The van der Waals surface area contributed by atoms with Gasteiger partial charge < -0.3 is 19.3 Å². The molecule has 2 rings (SSSR count). The first-order valence-electron chi connectivity index (χ1n) is 5.80. The maximum absolute atomic E-state index is 11.8. The molecule has 0 unspecified atom stereocenters. The Kier molecular flexibility index (Phi) is 3.14. The predicted molar refractivity (Wildman–Crippen MR) is 69.7 cm³/mol. The summed E-state index contributed by atoms with van der Waals surface area (Å²) in [4.78, 5) is 11.8. The van der Waals surface area contributed by atoms with E-state index in [0.29, 0.717) is 11.3 Å². The number of benzene rings is 1. The molecular formula is C14H16O5. The molecule has 1 aromatic carbocycles. The van der Waals surface area contributed by atoms with Gasteiger partial charge in [-0.15, -0.1) is 0 Å². The third-order valence-corrected chi connectivity index (χ3v) is 2.89. The van der Waals surface area contributed by atoms with Gasteiger partial charge in [0.25, 0.3) is 0 Å². The Balaban J connectivity index is 2.71. The molecule has 0 aromatic heterocycles. The highest BCUT2D eigenvalue weighted by Gasteiger charge is 2.31. The second kappa shape index (κ2) is 4.50. The third kappa shape index (κ3) is 2.23. The number of fused-ring (bicyclic) bond motifs is 1. The molecule has 0 radical (unpaired) electrons. The van der Waals surface area contributed by atoms with Gasteiger partial charge in [0, 0.05) is 6.07 Å². The summed E-state index contributed by atoms with van der Waals surface area (Å²) in [5, 5.41) is 9.97. The number of ether oxygens (including phenoxy) is 3. The lowest BCUT2D eigenvalue weighted by Gasteiger charge is -2.30. The van der Waals surface area contributed by atoms with Gasteiger partial charge in [0.2, 0.25) is 0 Å². The summed E-state index contributed by atoms with van der Waals surface area (Å²) in [7, 11) is 2.74. The maximum Gasteiger partial charge on any atom is 0.345 e. The topological polar surface area (TPSA) is 65.0 Å². The van der Waals surface area contributed by atoms with E-state index in [1.807, 2.05) is 26.0 Å². The number of esters is 1. The zero-order chi connectivity index (χ0) is 14.2. The van der Waals surface area contributed by atoms with Crippen LogP contribution in [-0.2, 0) is 4.74 Å². The Labute approximate surface area is 111 Å². The minimum absolute atomic E-state index is 0.00993. The van der Waals surface area contributed by atoms with E-state index in [2.05, 4.69) is 4.74 Å². The molecule has 1 aliphatic rings. The Hall–Kier alpha value is -2.17. The van der Waals surface area contributed by atoms with Gasteiger partial charge in [0.05, 0.1) is 19.8 Å². The second-order valence-corrected chi connectivity index (χ2v) is 4.75. The monoisotopic (exact) mass is 264 g/mol. The first-order chi connectivity index (χ1) is 8.89. The van der Waals surface area contributed by atoms with Crippen LogP contribution >= 0.6 is 0 Å². The van der Waals surface area contributed by atoms with Gasteiger partial charge in [-0.3, -0.25) is 0 Å². The van der Waals surface area contributed by atoms with E-state index in [9.17, 15) is 9.90 Å². The third-order valence-electron chi connectivity index (χ3n) is 2.89. The van der Waals surface area contributed by atoms with Crippen molar-refractivity contribution in [2.75, 3.05) is 14.2 Å². The van der Waals surface area contributed by atoms with Crippen LogP contribution in [0.5, 0.6) is 17.2 Å². The Bertz CT molecular complexity index is 557. The van der Waals surface area contributed by atoms with Crippen molar-refractivity contribution in [3.8, 4) is 17.2 Å². The number of methoxy groups -OCH3 is 2. The van der Waals surface area contributed by atoms with Crippen LogP contribution in [-0.4, -0.2) is 30.9 Å². The summed E-state index contributed by atoms with van der Waals surface area (Å²) in [6.07, 6.45) is 3.67.